The number of benzene rings is 1. The van der Waals surface area contributed by atoms with Gasteiger partial charge in [-0.3, -0.25) is 4.98 Å². The molecule has 0 saturated heterocycles. The molecule has 2 N–H and O–H groups in total. The van der Waals surface area contributed by atoms with Crippen molar-refractivity contribution in [2.75, 3.05) is 7.11 Å². The minimum absolute atomic E-state index is 0.264. The highest BCUT2D eigenvalue weighted by molar-refractivity contribution is 5.39. The van der Waals surface area contributed by atoms with E-state index in [0.717, 1.165) is 17.0 Å². The lowest BCUT2D eigenvalue weighted by Gasteiger charge is -2.16. The average molecular weight is 242 g/mol. The Morgan fingerprint density at radius 3 is 2.44 bits per heavy atom. The predicted octanol–water partition coefficient (Wildman–Crippen LogP) is 2.76. The lowest BCUT2D eigenvalue weighted by molar-refractivity contribution is 0.404. The van der Waals surface area contributed by atoms with E-state index in [0.29, 0.717) is 0 Å². The molecule has 0 aliphatic heterocycles. The van der Waals surface area contributed by atoms with Crippen molar-refractivity contribution in [1.29, 1.82) is 0 Å². The van der Waals surface area contributed by atoms with E-state index >= 15 is 0 Å². The second-order valence-corrected chi connectivity index (χ2v) is 4.49. The van der Waals surface area contributed by atoms with Gasteiger partial charge in [0, 0.05) is 6.20 Å². The predicted molar refractivity (Wildman–Crippen MR) is 72.7 cm³/mol. The molecular weight excluding hydrogens is 224 g/mol. The van der Waals surface area contributed by atoms with Crippen molar-refractivity contribution < 1.29 is 4.74 Å². The van der Waals surface area contributed by atoms with Gasteiger partial charge in [-0.1, -0.05) is 29.3 Å². The molecular formula is C15H18N2O. The van der Waals surface area contributed by atoms with E-state index in [2.05, 4.69) is 37.0 Å². The van der Waals surface area contributed by atoms with Crippen molar-refractivity contribution in [3.63, 3.8) is 0 Å². The summed E-state index contributed by atoms with van der Waals surface area (Å²) in [6.45, 7) is 4.14. The van der Waals surface area contributed by atoms with Crippen LogP contribution in [0.5, 0.6) is 5.75 Å². The zero-order chi connectivity index (χ0) is 13.1. The van der Waals surface area contributed by atoms with Crippen LogP contribution in [0.2, 0.25) is 0 Å². The van der Waals surface area contributed by atoms with Crippen LogP contribution in [0, 0.1) is 13.8 Å². The summed E-state index contributed by atoms with van der Waals surface area (Å²) in [6.07, 6.45) is 1.74. The number of pyridine rings is 1. The fourth-order valence-corrected chi connectivity index (χ4v) is 2.16. The van der Waals surface area contributed by atoms with Gasteiger partial charge in [0.1, 0.15) is 11.4 Å². The van der Waals surface area contributed by atoms with Crippen LogP contribution in [0.3, 0.4) is 0 Å². The standard InChI is InChI=1S/C15H18N2O/c1-10-7-11(2)9-12(8-10)14(16)15-13(18-3)5-4-6-17-15/h4-9,14H,16H2,1-3H3. The molecule has 0 saturated carbocycles. The Labute approximate surface area is 108 Å². The molecule has 0 amide bonds. The normalized spacial score (nSPS) is 12.2. The molecule has 3 heteroatoms. The second-order valence-electron chi connectivity index (χ2n) is 4.49. The maximum atomic E-state index is 6.29. The van der Waals surface area contributed by atoms with Crippen molar-refractivity contribution in [2.45, 2.75) is 19.9 Å². The first-order valence-electron chi connectivity index (χ1n) is 5.94. The van der Waals surface area contributed by atoms with Crippen molar-refractivity contribution in [1.82, 2.24) is 4.98 Å². The van der Waals surface area contributed by atoms with E-state index < -0.39 is 0 Å². The molecule has 0 spiro atoms. The lowest BCUT2D eigenvalue weighted by atomic mass is 9.99. The summed E-state index contributed by atoms with van der Waals surface area (Å²) >= 11 is 0. The van der Waals surface area contributed by atoms with Crippen molar-refractivity contribution in [3.8, 4) is 5.75 Å². The summed E-state index contributed by atoms with van der Waals surface area (Å²) in [5, 5.41) is 0. The minimum atomic E-state index is -0.264. The van der Waals surface area contributed by atoms with Crippen molar-refractivity contribution >= 4 is 0 Å². The van der Waals surface area contributed by atoms with E-state index in [4.69, 9.17) is 10.5 Å². The van der Waals surface area contributed by atoms with Crippen LogP contribution in [0.1, 0.15) is 28.4 Å². The van der Waals surface area contributed by atoms with Crippen LogP contribution in [0.15, 0.2) is 36.5 Å². The topological polar surface area (TPSA) is 48.1 Å². The van der Waals surface area contributed by atoms with Crippen LogP contribution in [0.4, 0.5) is 0 Å². The quantitative estimate of drug-likeness (QED) is 0.900. The van der Waals surface area contributed by atoms with Gasteiger partial charge in [0.15, 0.2) is 0 Å². The molecule has 1 aromatic carbocycles. The fourth-order valence-electron chi connectivity index (χ4n) is 2.16. The molecule has 0 fully saturated rings. The molecule has 3 nitrogen and oxygen atoms in total. The third kappa shape index (κ3) is 2.51. The third-order valence-corrected chi connectivity index (χ3v) is 2.92. The lowest BCUT2D eigenvalue weighted by Crippen LogP contribution is -2.15. The SMILES string of the molecule is COc1cccnc1C(N)c1cc(C)cc(C)c1. The van der Waals surface area contributed by atoms with Crippen LogP contribution < -0.4 is 10.5 Å². The number of hydrogen-bond acceptors (Lipinski definition) is 3. The van der Waals surface area contributed by atoms with E-state index in [-0.39, 0.29) is 6.04 Å². The molecule has 0 aliphatic carbocycles. The summed E-state index contributed by atoms with van der Waals surface area (Å²) in [7, 11) is 1.63. The van der Waals surface area contributed by atoms with Gasteiger partial charge in [-0.15, -0.1) is 0 Å². The number of nitrogens with zero attached hydrogens (tertiary/aromatic N) is 1. The van der Waals surface area contributed by atoms with E-state index in [1.54, 1.807) is 13.3 Å². The Bertz CT molecular complexity index is 532. The Balaban J connectivity index is 2.44. The van der Waals surface area contributed by atoms with Crippen molar-refractivity contribution in [3.05, 3.63) is 58.9 Å². The molecule has 2 aromatic rings. The Morgan fingerprint density at radius 2 is 1.83 bits per heavy atom. The smallest absolute Gasteiger partial charge is 0.142 e. The Morgan fingerprint density at radius 1 is 1.17 bits per heavy atom. The van der Waals surface area contributed by atoms with Gasteiger partial charge in [-0.2, -0.15) is 0 Å². The fraction of sp³-hybridized carbons (Fsp3) is 0.267. The van der Waals surface area contributed by atoms with Crippen molar-refractivity contribution in [2.24, 2.45) is 5.73 Å². The maximum absolute atomic E-state index is 6.29. The molecule has 18 heavy (non-hydrogen) atoms. The number of aromatic nitrogens is 1. The summed E-state index contributed by atoms with van der Waals surface area (Å²) in [6, 6.07) is 9.77. The number of methoxy groups -OCH3 is 1. The summed E-state index contributed by atoms with van der Waals surface area (Å²) in [5.74, 6) is 0.726. The first-order valence-corrected chi connectivity index (χ1v) is 5.94. The van der Waals surface area contributed by atoms with Gasteiger partial charge in [0.2, 0.25) is 0 Å². The number of ether oxygens (including phenoxy) is 1. The minimum Gasteiger partial charge on any atom is -0.495 e. The molecule has 0 aliphatic rings. The van der Waals surface area contributed by atoms with E-state index in [1.807, 2.05) is 12.1 Å². The zero-order valence-corrected chi connectivity index (χ0v) is 11.0. The van der Waals surface area contributed by atoms with Crippen LogP contribution in [0.25, 0.3) is 0 Å². The summed E-state index contributed by atoms with van der Waals surface area (Å²) in [5.41, 5.74) is 10.5. The van der Waals surface area contributed by atoms with Crippen LogP contribution in [-0.4, -0.2) is 12.1 Å². The highest BCUT2D eigenvalue weighted by atomic mass is 16.5. The van der Waals surface area contributed by atoms with Crippen LogP contribution >= 0.6 is 0 Å². The largest absolute Gasteiger partial charge is 0.495 e. The van der Waals surface area contributed by atoms with Gasteiger partial charge >= 0.3 is 0 Å². The van der Waals surface area contributed by atoms with Gasteiger partial charge < -0.3 is 10.5 Å². The molecule has 94 valence electrons. The molecule has 0 bridgehead atoms. The summed E-state index contributed by atoms with van der Waals surface area (Å²) in [4.78, 5) is 4.34. The molecule has 1 aromatic heterocycles. The monoisotopic (exact) mass is 242 g/mol. The molecule has 0 radical (unpaired) electrons. The van der Waals surface area contributed by atoms with E-state index in [1.165, 1.54) is 11.1 Å². The van der Waals surface area contributed by atoms with Crippen LogP contribution in [-0.2, 0) is 0 Å². The number of hydrogen-bond donors (Lipinski definition) is 1. The first kappa shape index (κ1) is 12.6. The van der Waals surface area contributed by atoms with Gasteiger partial charge in [-0.25, -0.2) is 0 Å². The highest BCUT2D eigenvalue weighted by Crippen LogP contribution is 2.26. The second kappa shape index (κ2) is 5.19. The van der Waals surface area contributed by atoms with Gasteiger partial charge in [-0.05, 0) is 31.5 Å². The zero-order valence-electron chi connectivity index (χ0n) is 11.0. The Hall–Kier alpha value is -1.87. The molecule has 1 atom stereocenters. The first-order chi connectivity index (χ1) is 8.61. The molecule has 1 unspecified atom stereocenters. The highest BCUT2D eigenvalue weighted by Gasteiger charge is 2.15. The number of aryl methyl sites for hydroxylation is 2. The maximum Gasteiger partial charge on any atom is 0.142 e. The van der Waals surface area contributed by atoms with Gasteiger partial charge in [0.25, 0.3) is 0 Å². The Kier molecular flexibility index (Phi) is 3.63. The number of rotatable bonds is 3. The van der Waals surface area contributed by atoms with E-state index in [9.17, 15) is 0 Å². The molecule has 1 heterocycles. The molecule has 2 rings (SSSR count). The number of nitrogens with two attached hydrogens (primary N) is 1. The summed E-state index contributed by atoms with van der Waals surface area (Å²) < 4.78 is 5.31. The van der Waals surface area contributed by atoms with Gasteiger partial charge in [0.05, 0.1) is 13.2 Å². The third-order valence-electron chi connectivity index (χ3n) is 2.92. The average Bonchev–Trinajstić information content (AvgIpc) is 2.36.